The number of hydrogen-bond donors (Lipinski definition) is 1. The Morgan fingerprint density at radius 1 is 1.07 bits per heavy atom. The quantitative estimate of drug-likeness (QED) is 0.707. The molecular weight excluding hydrogens is 386 g/mol. The Kier molecular flexibility index (Phi) is 4.17. The van der Waals surface area contributed by atoms with E-state index in [1.165, 1.54) is 30.5 Å². The second-order valence-electron chi connectivity index (χ2n) is 7.59. The van der Waals surface area contributed by atoms with Gasteiger partial charge in [-0.15, -0.1) is 0 Å². The van der Waals surface area contributed by atoms with E-state index in [4.69, 9.17) is 9.56 Å². The third-order valence-electron chi connectivity index (χ3n) is 5.39. The third-order valence-corrected chi connectivity index (χ3v) is 6.32. The molecule has 3 aromatic rings. The van der Waals surface area contributed by atoms with Crippen LogP contribution in [0.2, 0.25) is 0 Å². The van der Waals surface area contributed by atoms with Crippen molar-refractivity contribution in [1.82, 2.24) is 4.98 Å². The zero-order valence-electron chi connectivity index (χ0n) is 15.2. The Balaban J connectivity index is 1.63. The largest absolute Gasteiger partial charge is 0.448 e. The van der Waals surface area contributed by atoms with Gasteiger partial charge in [0.05, 0.1) is 4.90 Å². The number of aromatic nitrogens is 1. The summed E-state index contributed by atoms with van der Waals surface area (Å²) in [5.41, 5.74) is 1.24. The summed E-state index contributed by atoms with van der Waals surface area (Å²) in [5, 5.41) is 5.14. The molecule has 0 unspecified atom stereocenters. The molecule has 28 heavy (non-hydrogen) atoms. The average molecular weight is 404 g/mol. The van der Waals surface area contributed by atoms with Crippen molar-refractivity contribution in [2.75, 3.05) is 0 Å². The number of rotatable bonds is 4. The molecule has 2 atom stereocenters. The van der Waals surface area contributed by atoms with Crippen molar-refractivity contribution < 1.29 is 21.6 Å². The average Bonchev–Trinajstić information content (AvgIpc) is 2.95. The monoisotopic (exact) mass is 404 g/mol. The molecule has 8 heteroatoms. The van der Waals surface area contributed by atoms with Crippen LogP contribution < -0.4 is 5.14 Å². The van der Waals surface area contributed by atoms with Crippen LogP contribution in [0.5, 0.6) is 0 Å². The van der Waals surface area contributed by atoms with Crippen molar-refractivity contribution >= 4 is 10.0 Å². The first-order chi connectivity index (χ1) is 13.1. The fourth-order valence-corrected chi connectivity index (χ4v) is 4.35. The Morgan fingerprint density at radius 3 is 2.36 bits per heavy atom. The molecule has 1 fully saturated rings. The fraction of sp³-hybridized carbons (Fsp3) is 0.250. The minimum absolute atomic E-state index is 0.0508. The van der Waals surface area contributed by atoms with Crippen molar-refractivity contribution in [2.24, 2.45) is 10.6 Å². The van der Waals surface area contributed by atoms with Gasteiger partial charge in [0, 0.05) is 23.5 Å². The summed E-state index contributed by atoms with van der Waals surface area (Å²) < 4.78 is 55.6. The SMILES string of the molecule is CC1(C)[C@@H](c2ccc(S(N)(=O)=O)cc2)[C@@H]1c1nc(-c2ccc(F)cc2F)co1. The van der Waals surface area contributed by atoms with E-state index in [2.05, 4.69) is 18.8 Å². The van der Waals surface area contributed by atoms with E-state index in [1.54, 1.807) is 12.1 Å². The summed E-state index contributed by atoms with van der Waals surface area (Å²) in [6.07, 6.45) is 1.36. The first-order valence-corrected chi connectivity index (χ1v) is 10.2. The summed E-state index contributed by atoms with van der Waals surface area (Å²) in [7, 11) is -3.75. The van der Waals surface area contributed by atoms with E-state index in [0.29, 0.717) is 11.6 Å². The number of hydrogen-bond acceptors (Lipinski definition) is 4. The van der Waals surface area contributed by atoms with Crippen LogP contribution in [0.25, 0.3) is 11.3 Å². The van der Waals surface area contributed by atoms with Gasteiger partial charge in [0.2, 0.25) is 10.0 Å². The molecule has 0 amide bonds. The normalized spacial score (nSPS) is 20.9. The lowest BCUT2D eigenvalue weighted by Gasteiger charge is -2.04. The second kappa shape index (κ2) is 6.22. The number of halogens is 2. The molecule has 2 aromatic carbocycles. The maximum Gasteiger partial charge on any atom is 0.238 e. The highest BCUT2D eigenvalue weighted by Crippen LogP contribution is 2.69. The van der Waals surface area contributed by atoms with E-state index >= 15 is 0 Å². The Hall–Kier alpha value is -2.58. The van der Waals surface area contributed by atoms with Gasteiger partial charge in [0.15, 0.2) is 5.89 Å². The molecule has 4 rings (SSSR count). The van der Waals surface area contributed by atoms with Crippen LogP contribution in [0.15, 0.2) is 58.0 Å². The lowest BCUT2D eigenvalue weighted by atomic mass is 10.0. The number of nitrogens with zero attached hydrogens (tertiary/aromatic N) is 1. The Labute approximate surface area is 161 Å². The van der Waals surface area contributed by atoms with Gasteiger partial charge in [-0.05, 0) is 35.2 Å². The van der Waals surface area contributed by atoms with Crippen molar-refractivity contribution in [3.05, 3.63) is 71.8 Å². The zero-order chi connectivity index (χ0) is 20.3. The summed E-state index contributed by atoms with van der Waals surface area (Å²) in [6, 6.07) is 9.72. The standard InChI is InChI=1S/C20H18F2N2O3S/c1-20(2)17(11-3-6-13(7-4-11)28(23,25)26)18(20)19-24-16(10-27-19)14-8-5-12(21)9-15(14)22/h3-10,17-18H,1-2H3,(H2,23,25,26)/t17-,18+/m0/s1. The molecule has 1 aliphatic carbocycles. The summed E-state index contributed by atoms with van der Waals surface area (Å²) in [6.45, 7) is 4.11. The van der Waals surface area contributed by atoms with Crippen LogP contribution in [0, 0.1) is 17.0 Å². The molecule has 1 heterocycles. The molecule has 0 aliphatic heterocycles. The van der Waals surface area contributed by atoms with Gasteiger partial charge in [-0.2, -0.15) is 0 Å². The Morgan fingerprint density at radius 2 is 1.75 bits per heavy atom. The van der Waals surface area contributed by atoms with E-state index in [9.17, 15) is 17.2 Å². The highest BCUT2D eigenvalue weighted by molar-refractivity contribution is 7.89. The van der Waals surface area contributed by atoms with Gasteiger partial charge in [0.25, 0.3) is 0 Å². The predicted octanol–water partition coefficient (Wildman–Crippen LogP) is 4.17. The summed E-state index contributed by atoms with van der Waals surface area (Å²) in [5.74, 6) is -0.887. The fourth-order valence-electron chi connectivity index (χ4n) is 3.84. The van der Waals surface area contributed by atoms with E-state index in [-0.39, 0.29) is 27.7 Å². The third kappa shape index (κ3) is 3.12. The van der Waals surface area contributed by atoms with Gasteiger partial charge in [-0.1, -0.05) is 26.0 Å². The van der Waals surface area contributed by atoms with Crippen molar-refractivity contribution in [3.63, 3.8) is 0 Å². The van der Waals surface area contributed by atoms with Crippen LogP contribution in [-0.4, -0.2) is 13.4 Å². The maximum atomic E-state index is 14.0. The van der Waals surface area contributed by atoms with Gasteiger partial charge in [-0.3, -0.25) is 0 Å². The lowest BCUT2D eigenvalue weighted by Crippen LogP contribution is -2.11. The molecule has 0 bridgehead atoms. The number of sulfonamides is 1. The highest BCUT2D eigenvalue weighted by atomic mass is 32.2. The molecule has 2 N–H and O–H groups in total. The van der Waals surface area contributed by atoms with Crippen LogP contribution in [0.4, 0.5) is 8.78 Å². The van der Waals surface area contributed by atoms with E-state index in [0.717, 1.165) is 11.6 Å². The number of oxazole rings is 1. The first-order valence-electron chi connectivity index (χ1n) is 8.62. The van der Waals surface area contributed by atoms with E-state index in [1.807, 2.05) is 0 Å². The van der Waals surface area contributed by atoms with E-state index < -0.39 is 21.7 Å². The molecular formula is C20H18F2N2O3S. The highest BCUT2D eigenvalue weighted by Gasteiger charge is 2.61. The Bertz CT molecular complexity index is 1150. The van der Waals surface area contributed by atoms with Crippen molar-refractivity contribution in [2.45, 2.75) is 30.6 Å². The minimum Gasteiger partial charge on any atom is -0.448 e. The second-order valence-corrected chi connectivity index (χ2v) is 9.15. The molecule has 1 saturated carbocycles. The van der Waals surface area contributed by atoms with Crippen molar-refractivity contribution in [3.8, 4) is 11.3 Å². The molecule has 146 valence electrons. The smallest absolute Gasteiger partial charge is 0.238 e. The van der Waals surface area contributed by atoms with Crippen molar-refractivity contribution in [1.29, 1.82) is 0 Å². The molecule has 1 aliphatic rings. The first kappa shape index (κ1) is 18.8. The van der Waals surface area contributed by atoms with Crippen LogP contribution in [0.1, 0.15) is 37.1 Å². The van der Waals surface area contributed by atoms with Crippen LogP contribution in [-0.2, 0) is 10.0 Å². The van der Waals surface area contributed by atoms with Gasteiger partial charge >= 0.3 is 0 Å². The molecule has 5 nitrogen and oxygen atoms in total. The number of benzene rings is 2. The summed E-state index contributed by atoms with van der Waals surface area (Å²) >= 11 is 0. The number of nitrogens with two attached hydrogens (primary N) is 1. The molecule has 0 saturated heterocycles. The van der Waals surface area contributed by atoms with Gasteiger partial charge in [0.1, 0.15) is 23.6 Å². The molecule has 1 aromatic heterocycles. The lowest BCUT2D eigenvalue weighted by molar-refractivity contribution is 0.467. The maximum absolute atomic E-state index is 14.0. The zero-order valence-corrected chi connectivity index (χ0v) is 16.0. The van der Waals surface area contributed by atoms with Gasteiger partial charge in [-0.25, -0.2) is 27.3 Å². The summed E-state index contributed by atoms with van der Waals surface area (Å²) in [4.78, 5) is 4.47. The van der Waals surface area contributed by atoms with Crippen LogP contribution in [0.3, 0.4) is 0 Å². The molecule has 0 radical (unpaired) electrons. The van der Waals surface area contributed by atoms with Gasteiger partial charge < -0.3 is 4.42 Å². The van der Waals surface area contributed by atoms with Crippen LogP contribution >= 0.6 is 0 Å². The molecule has 0 spiro atoms. The number of primary sulfonamides is 1. The minimum atomic E-state index is -3.75. The topological polar surface area (TPSA) is 86.2 Å². The predicted molar refractivity (Wildman–Crippen MR) is 98.9 cm³/mol.